The fourth-order valence-corrected chi connectivity index (χ4v) is 2.18. The molecule has 0 aliphatic carbocycles. The molecule has 1 atom stereocenters. The maximum atomic E-state index is 12.1. The zero-order chi connectivity index (χ0) is 14.6. The second-order valence-corrected chi connectivity index (χ2v) is 5.75. The minimum Gasteiger partial charge on any atom is -0.479 e. The van der Waals surface area contributed by atoms with Gasteiger partial charge < -0.3 is 15.2 Å². The number of aliphatic carboxylic acids is 1. The average Bonchev–Trinajstić information content (AvgIpc) is 2.32. The minimum atomic E-state index is -1.49. The largest absolute Gasteiger partial charge is 0.479 e. The van der Waals surface area contributed by atoms with E-state index in [9.17, 15) is 9.59 Å². The number of hydrogen-bond donors (Lipinski definition) is 2. The van der Waals surface area contributed by atoms with Crippen molar-refractivity contribution in [2.45, 2.75) is 12.5 Å². The first-order chi connectivity index (χ1) is 8.80. The van der Waals surface area contributed by atoms with Crippen LogP contribution >= 0.6 is 34.2 Å². The Balaban J connectivity index is 3.00. The van der Waals surface area contributed by atoms with E-state index >= 15 is 0 Å². The van der Waals surface area contributed by atoms with Gasteiger partial charge in [0.15, 0.2) is 5.54 Å². The van der Waals surface area contributed by atoms with E-state index in [1.165, 1.54) is 20.1 Å². The van der Waals surface area contributed by atoms with E-state index < -0.39 is 17.4 Å². The molecule has 1 aromatic rings. The third-order valence-electron chi connectivity index (χ3n) is 2.47. The summed E-state index contributed by atoms with van der Waals surface area (Å²) < 4.78 is 5.52. The number of rotatable bonds is 5. The highest BCUT2D eigenvalue weighted by molar-refractivity contribution is 14.1. The Kier molecular flexibility index (Phi) is 5.57. The van der Waals surface area contributed by atoms with Crippen LogP contribution in [-0.2, 0) is 9.53 Å². The smallest absolute Gasteiger partial charge is 0.331 e. The number of hydrogen-bond acceptors (Lipinski definition) is 3. The van der Waals surface area contributed by atoms with Crippen LogP contribution in [-0.4, -0.2) is 36.2 Å². The number of carbonyl (C=O) groups excluding carboxylic acids is 1. The summed E-state index contributed by atoms with van der Waals surface area (Å²) >= 11 is 7.82. The molecule has 7 heteroatoms. The minimum absolute atomic E-state index is 0.134. The molecule has 0 fully saturated rings. The van der Waals surface area contributed by atoms with Crippen molar-refractivity contribution in [3.63, 3.8) is 0 Å². The lowest BCUT2D eigenvalue weighted by molar-refractivity contribution is -0.145. The van der Waals surface area contributed by atoms with Crippen molar-refractivity contribution in [3.8, 4) is 0 Å². The molecule has 1 aromatic carbocycles. The highest BCUT2D eigenvalue weighted by Gasteiger charge is 2.35. The Morgan fingerprint density at radius 1 is 1.53 bits per heavy atom. The van der Waals surface area contributed by atoms with Gasteiger partial charge in [0.1, 0.15) is 0 Å². The first-order valence-electron chi connectivity index (χ1n) is 5.30. The van der Waals surface area contributed by atoms with Crippen molar-refractivity contribution < 1.29 is 19.4 Å². The molecule has 19 heavy (non-hydrogen) atoms. The number of methoxy groups -OCH3 is 1. The van der Waals surface area contributed by atoms with Crippen LogP contribution in [0, 0.1) is 3.57 Å². The van der Waals surface area contributed by atoms with Gasteiger partial charge in [-0.25, -0.2) is 4.79 Å². The number of benzene rings is 1. The molecule has 0 saturated carbocycles. The number of carboxylic acid groups (broad SMARTS) is 1. The van der Waals surface area contributed by atoms with Crippen molar-refractivity contribution >= 4 is 46.1 Å². The van der Waals surface area contributed by atoms with Crippen LogP contribution in [0.2, 0.25) is 5.02 Å². The van der Waals surface area contributed by atoms with E-state index in [-0.39, 0.29) is 6.61 Å². The number of nitrogens with one attached hydrogen (secondary N) is 1. The molecule has 1 rings (SSSR count). The lowest BCUT2D eigenvalue weighted by Gasteiger charge is -2.25. The van der Waals surface area contributed by atoms with Gasteiger partial charge in [0.25, 0.3) is 5.91 Å². The Morgan fingerprint density at radius 3 is 2.68 bits per heavy atom. The van der Waals surface area contributed by atoms with Crippen LogP contribution in [0.1, 0.15) is 17.3 Å². The zero-order valence-electron chi connectivity index (χ0n) is 10.4. The number of ether oxygens (including phenoxy) is 1. The van der Waals surface area contributed by atoms with Gasteiger partial charge >= 0.3 is 5.97 Å². The van der Waals surface area contributed by atoms with Gasteiger partial charge in [-0.3, -0.25) is 4.79 Å². The van der Waals surface area contributed by atoms with Gasteiger partial charge in [-0.1, -0.05) is 11.6 Å². The molecule has 1 amide bonds. The monoisotopic (exact) mass is 397 g/mol. The zero-order valence-corrected chi connectivity index (χ0v) is 13.3. The molecule has 104 valence electrons. The van der Waals surface area contributed by atoms with E-state index in [4.69, 9.17) is 21.4 Å². The van der Waals surface area contributed by atoms with E-state index in [0.29, 0.717) is 14.2 Å². The summed E-state index contributed by atoms with van der Waals surface area (Å²) in [6.45, 7) is 1.25. The fourth-order valence-electron chi connectivity index (χ4n) is 1.43. The van der Waals surface area contributed by atoms with Crippen LogP contribution in [0.3, 0.4) is 0 Å². The SMILES string of the molecule is COCC(C)(NC(=O)c1cc(Cl)ccc1I)C(=O)O. The number of carboxylic acids is 1. The molecule has 0 radical (unpaired) electrons. The molecule has 0 bridgehead atoms. The highest BCUT2D eigenvalue weighted by Crippen LogP contribution is 2.19. The second-order valence-electron chi connectivity index (χ2n) is 4.15. The predicted octanol–water partition coefficient (Wildman–Crippen LogP) is 2.16. The summed E-state index contributed by atoms with van der Waals surface area (Å²) in [5.41, 5.74) is -1.16. The van der Waals surface area contributed by atoms with Crippen LogP contribution in [0.4, 0.5) is 0 Å². The summed E-state index contributed by atoms with van der Waals surface area (Å²) in [6, 6.07) is 4.84. The van der Waals surface area contributed by atoms with Crippen molar-refractivity contribution in [1.29, 1.82) is 0 Å². The van der Waals surface area contributed by atoms with Gasteiger partial charge in [-0.2, -0.15) is 0 Å². The molecule has 0 aliphatic heterocycles. The molecule has 2 N–H and O–H groups in total. The molecule has 0 heterocycles. The van der Waals surface area contributed by atoms with Crippen molar-refractivity contribution in [1.82, 2.24) is 5.32 Å². The molecule has 0 aromatic heterocycles. The lowest BCUT2D eigenvalue weighted by atomic mass is 10.0. The highest BCUT2D eigenvalue weighted by atomic mass is 127. The Labute approximate surface area is 129 Å². The normalized spacial score (nSPS) is 13.7. The van der Waals surface area contributed by atoms with Gasteiger partial charge in [0.2, 0.25) is 0 Å². The van der Waals surface area contributed by atoms with Crippen LogP contribution in [0.5, 0.6) is 0 Å². The molecule has 0 spiro atoms. The number of halogens is 2. The quantitative estimate of drug-likeness (QED) is 0.747. The van der Waals surface area contributed by atoms with E-state index in [1.54, 1.807) is 12.1 Å². The molecular weight excluding hydrogens is 384 g/mol. The molecule has 0 aliphatic rings. The van der Waals surface area contributed by atoms with Crippen molar-refractivity contribution in [2.75, 3.05) is 13.7 Å². The summed E-state index contributed by atoms with van der Waals surface area (Å²) in [5.74, 6) is -1.67. The first-order valence-corrected chi connectivity index (χ1v) is 6.76. The maximum absolute atomic E-state index is 12.1. The average molecular weight is 398 g/mol. The molecular formula is C12H13ClINO4. The van der Waals surface area contributed by atoms with E-state index in [0.717, 1.165) is 0 Å². The molecule has 5 nitrogen and oxygen atoms in total. The lowest BCUT2D eigenvalue weighted by Crippen LogP contribution is -2.55. The van der Waals surface area contributed by atoms with Crippen LogP contribution in [0.25, 0.3) is 0 Å². The standard InChI is InChI=1S/C12H13ClINO4/c1-12(6-19-2,11(17)18)15-10(16)8-5-7(13)3-4-9(8)14/h3-5H,6H2,1-2H3,(H,15,16)(H,17,18). The van der Waals surface area contributed by atoms with Gasteiger partial charge in [-0.05, 0) is 47.7 Å². The Bertz CT molecular complexity index is 509. The second kappa shape index (κ2) is 6.53. The van der Waals surface area contributed by atoms with Gasteiger partial charge in [0, 0.05) is 15.7 Å². The van der Waals surface area contributed by atoms with Crippen LogP contribution < -0.4 is 5.32 Å². The van der Waals surface area contributed by atoms with Crippen molar-refractivity contribution in [2.24, 2.45) is 0 Å². The Morgan fingerprint density at radius 2 is 2.16 bits per heavy atom. The number of carbonyl (C=O) groups is 2. The first kappa shape index (κ1) is 16.2. The Hall–Kier alpha value is -0.860. The van der Waals surface area contributed by atoms with Crippen molar-refractivity contribution in [3.05, 3.63) is 32.4 Å². The summed E-state index contributed by atoms with van der Waals surface area (Å²) in [4.78, 5) is 23.3. The van der Waals surface area contributed by atoms with E-state index in [2.05, 4.69) is 5.32 Å². The molecule has 0 saturated heterocycles. The summed E-state index contributed by atoms with van der Waals surface area (Å²) in [5, 5.41) is 12.0. The summed E-state index contributed by atoms with van der Waals surface area (Å²) in [6.07, 6.45) is 0. The third kappa shape index (κ3) is 4.05. The predicted molar refractivity (Wildman–Crippen MR) is 79.6 cm³/mol. The topological polar surface area (TPSA) is 75.6 Å². The molecule has 1 unspecified atom stereocenters. The van der Waals surface area contributed by atoms with Gasteiger partial charge in [-0.15, -0.1) is 0 Å². The van der Waals surface area contributed by atoms with E-state index in [1.807, 2.05) is 22.6 Å². The maximum Gasteiger partial charge on any atom is 0.331 e. The summed E-state index contributed by atoms with van der Waals surface area (Å²) in [7, 11) is 1.37. The number of amides is 1. The van der Waals surface area contributed by atoms with Crippen LogP contribution in [0.15, 0.2) is 18.2 Å². The fraction of sp³-hybridized carbons (Fsp3) is 0.333. The van der Waals surface area contributed by atoms with Gasteiger partial charge in [0.05, 0.1) is 12.2 Å². The third-order valence-corrected chi connectivity index (χ3v) is 3.64.